The van der Waals surface area contributed by atoms with Crippen molar-refractivity contribution in [1.29, 1.82) is 5.26 Å². The topological polar surface area (TPSA) is 53.2 Å². The van der Waals surface area contributed by atoms with Gasteiger partial charge in [-0.1, -0.05) is 0 Å². The Balaban J connectivity index is 2.31. The van der Waals surface area contributed by atoms with Crippen molar-refractivity contribution in [2.75, 3.05) is 11.5 Å². The van der Waals surface area contributed by atoms with Crippen LogP contribution >= 0.6 is 0 Å². The van der Waals surface area contributed by atoms with Crippen molar-refractivity contribution in [1.82, 2.24) is 0 Å². The van der Waals surface area contributed by atoms with Gasteiger partial charge in [-0.25, -0.2) is 4.21 Å². The van der Waals surface area contributed by atoms with Crippen molar-refractivity contribution < 1.29 is 4.21 Å². The maximum absolute atomic E-state index is 11.7. The molecule has 0 aromatic heterocycles. The van der Waals surface area contributed by atoms with Gasteiger partial charge in [0.05, 0.1) is 27.0 Å². The van der Waals surface area contributed by atoms with Crippen LogP contribution in [0.15, 0.2) is 28.6 Å². The molecule has 0 amide bonds. The molecule has 1 aliphatic rings. The number of benzene rings is 1. The monoisotopic (exact) mass is 206 g/mol. The maximum Gasteiger partial charge on any atom is 0.0991 e. The Morgan fingerprint density at radius 3 is 2.36 bits per heavy atom. The molecule has 1 aromatic rings. The third-order valence-corrected chi connectivity index (χ3v) is 4.59. The summed E-state index contributed by atoms with van der Waals surface area (Å²) >= 11 is 0. The Labute approximate surface area is 83.6 Å². The summed E-state index contributed by atoms with van der Waals surface area (Å²) in [5.41, 5.74) is 1.32. The summed E-state index contributed by atoms with van der Waals surface area (Å²) in [5, 5.41) is 8.58. The highest BCUT2D eigenvalue weighted by atomic mass is 32.2. The molecule has 1 aliphatic heterocycles. The summed E-state index contributed by atoms with van der Waals surface area (Å²) in [6.45, 7) is 0. The Morgan fingerprint density at radius 1 is 1.29 bits per heavy atom. The Bertz CT molecular complexity index is 480. The normalized spacial score (nSPS) is 17.9. The molecule has 72 valence electrons. The highest BCUT2D eigenvalue weighted by molar-refractivity contribution is 7.95. The first-order valence-electron chi connectivity index (χ1n) is 4.45. The zero-order valence-corrected chi connectivity index (χ0v) is 8.46. The second kappa shape index (κ2) is 3.43. The van der Waals surface area contributed by atoms with E-state index in [0.29, 0.717) is 22.8 Å². The van der Waals surface area contributed by atoms with Crippen molar-refractivity contribution in [2.45, 2.75) is 6.42 Å². The van der Waals surface area contributed by atoms with Gasteiger partial charge in [0, 0.05) is 11.5 Å². The number of nitriles is 1. The molecule has 1 aromatic carbocycles. The molecule has 1 fully saturated rings. The molecule has 0 bridgehead atoms. The lowest BCUT2D eigenvalue weighted by molar-refractivity contribution is 0.663. The molecule has 0 N–H and O–H groups in total. The van der Waals surface area contributed by atoms with E-state index in [4.69, 9.17) is 5.26 Å². The third-order valence-electron chi connectivity index (χ3n) is 2.19. The Morgan fingerprint density at radius 2 is 1.93 bits per heavy atom. The third kappa shape index (κ3) is 1.78. The van der Waals surface area contributed by atoms with Gasteiger partial charge in [0.25, 0.3) is 0 Å². The van der Waals surface area contributed by atoms with E-state index >= 15 is 0 Å². The van der Waals surface area contributed by atoms with E-state index in [1.807, 2.05) is 6.07 Å². The average molecular weight is 206 g/mol. The number of hydrogen-bond donors (Lipinski definition) is 0. The van der Waals surface area contributed by atoms with Crippen molar-refractivity contribution in [3.63, 3.8) is 0 Å². The highest BCUT2D eigenvalue weighted by Crippen LogP contribution is 2.21. The van der Waals surface area contributed by atoms with Crippen LogP contribution in [0, 0.1) is 11.3 Å². The molecule has 0 aliphatic carbocycles. The van der Waals surface area contributed by atoms with E-state index in [1.165, 1.54) is 0 Å². The first-order valence-corrected chi connectivity index (χ1v) is 6.30. The van der Waals surface area contributed by atoms with Crippen LogP contribution in [-0.4, -0.2) is 15.7 Å². The largest absolute Gasteiger partial charge is 0.249 e. The fraction of sp³-hybridized carbons (Fsp3) is 0.300. The van der Waals surface area contributed by atoms with Gasteiger partial charge in [-0.15, -0.1) is 0 Å². The van der Waals surface area contributed by atoms with Crippen LogP contribution < -0.4 is 0 Å². The molecule has 0 atom stereocenters. The number of nitrogens with zero attached hydrogens (tertiary/aromatic N) is 2. The van der Waals surface area contributed by atoms with Crippen LogP contribution in [0.3, 0.4) is 0 Å². The molecule has 3 nitrogen and oxygen atoms in total. The van der Waals surface area contributed by atoms with E-state index in [1.54, 1.807) is 24.3 Å². The molecule has 14 heavy (non-hydrogen) atoms. The van der Waals surface area contributed by atoms with Crippen LogP contribution in [-0.2, 0) is 9.73 Å². The van der Waals surface area contributed by atoms with E-state index in [0.717, 1.165) is 6.42 Å². The van der Waals surface area contributed by atoms with E-state index in [-0.39, 0.29) is 0 Å². The van der Waals surface area contributed by atoms with Gasteiger partial charge in [-0.3, -0.25) is 0 Å². The van der Waals surface area contributed by atoms with Crippen molar-refractivity contribution in [3.05, 3.63) is 29.8 Å². The molecule has 4 heteroatoms. The predicted octanol–water partition coefficient (Wildman–Crippen LogP) is 2.06. The predicted molar refractivity (Wildman–Crippen MR) is 55.7 cm³/mol. The minimum atomic E-state index is -1.92. The van der Waals surface area contributed by atoms with Gasteiger partial charge in [-0.05, 0) is 30.7 Å². The quantitative estimate of drug-likeness (QED) is 0.706. The SMILES string of the molecule is N#Cc1ccc(N=S2(=O)CCC2)cc1. The van der Waals surface area contributed by atoms with Gasteiger partial charge in [-0.2, -0.15) is 9.62 Å². The molecular weight excluding hydrogens is 196 g/mol. The number of rotatable bonds is 1. The van der Waals surface area contributed by atoms with E-state index in [2.05, 4.69) is 4.36 Å². The second-order valence-corrected chi connectivity index (χ2v) is 5.83. The summed E-state index contributed by atoms with van der Waals surface area (Å²) < 4.78 is 15.9. The van der Waals surface area contributed by atoms with Crippen molar-refractivity contribution >= 4 is 15.4 Å². The molecular formula is C10H10N2OS. The van der Waals surface area contributed by atoms with Gasteiger partial charge >= 0.3 is 0 Å². The first kappa shape index (κ1) is 9.22. The zero-order valence-electron chi connectivity index (χ0n) is 7.64. The van der Waals surface area contributed by atoms with E-state index in [9.17, 15) is 4.21 Å². The van der Waals surface area contributed by atoms with Crippen LogP contribution in [0.2, 0.25) is 0 Å². The first-order chi connectivity index (χ1) is 6.72. The summed E-state index contributed by atoms with van der Waals surface area (Å²) in [4.78, 5) is 0. The molecule has 1 saturated heterocycles. The molecule has 1 heterocycles. The average Bonchev–Trinajstić information content (AvgIpc) is 2.17. The standard InChI is InChI=1S/C10H10N2OS/c11-8-9-2-4-10(5-3-9)12-14(13)6-1-7-14/h2-5H,1,6-7H2. The Hall–Kier alpha value is -1.34. The van der Waals surface area contributed by atoms with Crippen molar-refractivity contribution in [3.8, 4) is 6.07 Å². The van der Waals surface area contributed by atoms with Crippen molar-refractivity contribution in [2.24, 2.45) is 4.36 Å². The summed E-state index contributed by atoms with van der Waals surface area (Å²) in [6, 6.07) is 8.90. The van der Waals surface area contributed by atoms with Crippen LogP contribution in [0.1, 0.15) is 12.0 Å². The molecule has 2 rings (SSSR count). The van der Waals surface area contributed by atoms with Gasteiger partial charge in [0.2, 0.25) is 0 Å². The smallest absolute Gasteiger partial charge is 0.0991 e. The lowest BCUT2D eigenvalue weighted by Crippen LogP contribution is -2.22. The number of hydrogen-bond acceptors (Lipinski definition) is 3. The van der Waals surface area contributed by atoms with Crippen LogP contribution in [0.25, 0.3) is 0 Å². The fourth-order valence-corrected chi connectivity index (χ4v) is 2.74. The minimum absolute atomic E-state index is 0.604. The highest BCUT2D eigenvalue weighted by Gasteiger charge is 2.18. The molecule has 0 radical (unpaired) electrons. The zero-order chi connectivity index (χ0) is 10.0. The van der Waals surface area contributed by atoms with Crippen LogP contribution in [0.4, 0.5) is 5.69 Å². The summed E-state index contributed by atoms with van der Waals surface area (Å²) in [7, 11) is -1.92. The molecule has 0 saturated carbocycles. The van der Waals surface area contributed by atoms with Gasteiger partial charge < -0.3 is 0 Å². The maximum atomic E-state index is 11.7. The Kier molecular flexibility index (Phi) is 2.26. The fourth-order valence-electron chi connectivity index (χ4n) is 1.27. The van der Waals surface area contributed by atoms with Gasteiger partial charge in [0.15, 0.2) is 0 Å². The minimum Gasteiger partial charge on any atom is -0.249 e. The lowest BCUT2D eigenvalue weighted by atomic mass is 10.2. The summed E-state index contributed by atoms with van der Waals surface area (Å²) in [5.74, 6) is 1.43. The van der Waals surface area contributed by atoms with E-state index < -0.39 is 9.73 Å². The van der Waals surface area contributed by atoms with Gasteiger partial charge in [0.1, 0.15) is 0 Å². The lowest BCUT2D eigenvalue weighted by Gasteiger charge is -2.17. The summed E-state index contributed by atoms with van der Waals surface area (Å²) in [6.07, 6.45) is 1.01. The van der Waals surface area contributed by atoms with Crippen LogP contribution in [0.5, 0.6) is 0 Å². The molecule has 0 unspecified atom stereocenters. The molecule has 0 spiro atoms. The second-order valence-electron chi connectivity index (χ2n) is 3.28.